The standard InChI is InChI=1S/C24H21F4N3O4/c25-18-7-15(11-29)3-6-19(18)30-13-20(32)31(12-14-1-4-17(5-2-14)24(26,27)28)23(22(30)35)9-16(10-23)8-21(33)34/h1-7,16,22,35H,8-10,12-13H2,(H,33,34). The third-order valence-corrected chi connectivity index (χ3v) is 6.68. The van der Waals surface area contributed by atoms with E-state index in [1.165, 1.54) is 34.1 Å². The third-order valence-electron chi connectivity index (χ3n) is 6.68. The molecular formula is C24H21F4N3O4. The number of nitriles is 1. The fraction of sp³-hybridized carbons (Fsp3) is 0.375. The van der Waals surface area contributed by atoms with Crippen LogP contribution in [0.2, 0.25) is 0 Å². The number of aliphatic hydroxyl groups excluding tert-OH is 1. The van der Waals surface area contributed by atoms with Crippen LogP contribution in [0.3, 0.4) is 0 Å². The predicted octanol–water partition coefficient (Wildman–Crippen LogP) is 3.51. The molecule has 7 nitrogen and oxygen atoms in total. The lowest BCUT2D eigenvalue weighted by Gasteiger charge is -2.61. The van der Waals surface area contributed by atoms with Crippen molar-refractivity contribution in [3.05, 3.63) is 65.0 Å². The van der Waals surface area contributed by atoms with Crippen LogP contribution >= 0.6 is 0 Å². The average molecular weight is 491 g/mol. The van der Waals surface area contributed by atoms with Crippen molar-refractivity contribution >= 4 is 17.6 Å². The summed E-state index contributed by atoms with van der Waals surface area (Å²) in [4.78, 5) is 26.9. The van der Waals surface area contributed by atoms with E-state index in [0.717, 1.165) is 18.2 Å². The zero-order valence-electron chi connectivity index (χ0n) is 18.3. The topological polar surface area (TPSA) is 105 Å². The number of anilines is 1. The normalized spacial score (nSPS) is 24.3. The van der Waals surface area contributed by atoms with Crippen LogP contribution in [0.1, 0.15) is 36.0 Å². The van der Waals surface area contributed by atoms with Gasteiger partial charge in [0.1, 0.15) is 5.82 Å². The number of alkyl halides is 3. The number of carboxylic acids is 1. The number of hydrogen-bond donors (Lipinski definition) is 2. The van der Waals surface area contributed by atoms with Gasteiger partial charge in [-0.25, -0.2) is 4.39 Å². The monoisotopic (exact) mass is 491 g/mol. The maximum absolute atomic E-state index is 14.7. The van der Waals surface area contributed by atoms with Crippen LogP contribution in [0.5, 0.6) is 0 Å². The second-order valence-corrected chi connectivity index (χ2v) is 8.93. The van der Waals surface area contributed by atoms with E-state index in [2.05, 4.69) is 0 Å². The Hall–Kier alpha value is -3.65. The number of carbonyl (C=O) groups is 2. The van der Waals surface area contributed by atoms with Gasteiger partial charge < -0.3 is 20.0 Å². The highest BCUT2D eigenvalue weighted by Gasteiger charge is 2.59. The summed E-state index contributed by atoms with van der Waals surface area (Å²) < 4.78 is 53.5. The number of rotatable bonds is 5. The van der Waals surface area contributed by atoms with Gasteiger partial charge in [0, 0.05) is 13.0 Å². The molecule has 1 aliphatic heterocycles. The SMILES string of the molecule is N#Cc1ccc(N2CC(=O)N(Cc3ccc(C(F)(F)F)cc3)C3(CC(CC(=O)O)C3)C2O)c(F)c1. The molecule has 1 atom stereocenters. The minimum atomic E-state index is -4.51. The van der Waals surface area contributed by atoms with E-state index in [0.29, 0.717) is 5.56 Å². The number of hydrogen-bond acceptors (Lipinski definition) is 5. The van der Waals surface area contributed by atoms with Crippen LogP contribution in [-0.2, 0) is 22.3 Å². The summed E-state index contributed by atoms with van der Waals surface area (Å²) in [6.45, 7) is -0.506. The van der Waals surface area contributed by atoms with Gasteiger partial charge in [-0.15, -0.1) is 0 Å². The predicted molar refractivity (Wildman–Crippen MR) is 114 cm³/mol. The minimum Gasteiger partial charge on any atom is -0.481 e. The minimum absolute atomic E-state index is 0.0629. The molecule has 11 heteroatoms. The quantitative estimate of drug-likeness (QED) is 0.621. The molecule has 2 aromatic carbocycles. The molecule has 1 saturated heterocycles. The summed E-state index contributed by atoms with van der Waals surface area (Å²) >= 11 is 0. The third kappa shape index (κ3) is 4.53. The Morgan fingerprint density at radius 1 is 1.17 bits per heavy atom. The van der Waals surface area contributed by atoms with Crippen LogP contribution in [0, 0.1) is 23.1 Å². The largest absolute Gasteiger partial charge is 0.481 e. The number of aliphatic hydroxyl groups is 1. The van der Waals surface area contributed by atoms with Gasteiger partial charge in [-0.2, -0.15) is 18.4 Å². The second-order valence-electron chi connectivity index (χ2n) is 8.93. The van der Waals surface area contributed by atoms with Crippen LogP contribution < -0.4 is 4.90 Å². The zero-order valence-corrected chi connectivity index (χ0v) is 18.3. The van der Waals surface area contributed by atoms with E-state index < -0.39 is 47.7 Å². The van der Waals surface area contributed by atoms with Crippen molar-refractivity contribution in [3.8, 4) is 6.07 Å². The maximum Gasteiger partial charge on any atom is 0.416 e. The summed E-state index contributed by atoms with van der Waals surface area (Å²) in [7, 11) is 0. The molecule has 1 amide bonds. The smallest absolute Gasteiger partial charge is 0.416 e. The Morgan fingerprint density at radius 3 is 2.37 bits per heavy atom. The molecule has 2 aliphatic rings. The first kappa shape index (κ1) is 24.5. The average Bonchev–Trinajstić information content (AvgIpc) is 2.76. The zero-order chi connectivity index (χ0) is 25.5. The molecule has 1 spiro atoms. The van der Waals surface area contributed by atoms with Crippen molar-refractivity contribution in [2.24, 2.45) is 5.92 Å². The van der Waals surface area contributed by atoms with Gasteiger partial charge in [0.2, 0.25) is 5.91 Å². The number of carboxylic acid groups (broad SMARTS) is 1. The lowest BCUT2D eigenvalue weighted by atomic mass is 9.63. The molecule has 35 heavy (non-hydrogen) atoms. The Bertz CT molecular complexity index is 1190. The van der Waals surface area contributed by atoms with Crippen LogP contribution in [0.15, 0.2) is 42.5 Å². The van der Waals surface area contributed by atoms with E-state index in [1.807, 2.05) is 0 Å². The van der Waals surface area contributed by atoms with Crippen molar-refractivity contribution in [3.63, 3.8) is 0 Å². The number of halogens is 4. The fourth-order valence-corrected chi connectivity index (χ4v) is 5.01. The van der Waals surface area contributed by atoms with E-state index in [-0.39, 0.29) is 43.0 Å². The van der Waals surface area contributed by atoms with Crippen molar-refractivity contribution in [1.82, 2.24) is 4.90 Å². The lowest BCUT2D eigenvalue weighted by Crippen LogP contribution is -2.74. The molecule has 4 rings (SSSR count). The highest BCUT2D eigenvalue weighted by atomic mass is 19.4. The number of piperazine rings is 1. The number of carbonyl (C=O) groups excluding carboxylic acids is 1. The van der Waals surface area contributed by atoms with Gasteiger partial charge in [0.05, 0.1) is 35.0 Å². The van der Waals surface area contributed by atoms with Gasteiger partial charge in [-0.05, 0) is 54.7 Å². The summed E-state index contributed by atoms with van der Waals surface area (Å²) in [5, 5.41) is 29.4. The van der Waals surface area contributed by atoms with Gasteiger partial charge in [-0.1, -0.05) is 12.1 Å². The number of benzene rings is 2. The van der Waals surface area contributed by atoms with Crippen LogP contribution in [0.25, 0.3) is 0 Å². The molecule has 1 unspecified atom stereocenters. The molecule has 2 N–H and O–H groups in total. The van der Waals surface area contributed by atoms with Crippen molar-refractivity contribution in [2.75, 3.05) is 11.4 Å². The molecule has 184 valence electrons. The molecule has 0 radical (unpaired) electrons. The van der Waals surface area contributed by atoms with Gasteiger partial charge in [0.15, 0.2) is 6.23 Å². The second kappa shape index (κ2) is 8.85. The van der Waals surface area contributed by atoms with Crippen molar-refractivity contribution in [2.45, 2.75) is 43.8 Å². The Kier molecular flexibility index (Phi) is 6.19. The molecule has 1 saturated carbocycles. The number of aliphatic carboxylic acids is 1. The Balaban J connectivity index is 1.65. The maximum atomic E-state index is 14.7. The van der Waals surface area contributed by atoms with E-state index >= 15 is 0 Å². The summed E-state index contributed by atoms with van der Waals surface area (Å²) in [6.07, 6.45) is -5.84. The summed E-state index contributed by atoms with van der Waals surface area (Å²) in [6, 6.07) is 9.73. The first-order chi connectivity index (χ1) is 16.4. The lowest BCUT2D eigenvalue weighted by molar-refractivity contribution is -0.171. The van der Waals surface area contributed by atoms with E-state index in [9.17, 15) is 32.3 Å². The summed E-state index contributed by atoms with van der Waals surface area (Å²) in [5.74, 6) is -2.67. The van der Waals surface area contributed by atoms with Crippen molar-refractivity contribution < 1.29 is 37.4 Å². The Labute approximate surface area is 197 Å². The number of nitrogens with zero attached hydrogens (tertiary/aromatic N) is 3. The van der Waals surface area contributed by atoms with Gasteiger partial charge in [-0.3, -0.25) is 9.59 Å². The highest BCUT2D eigenvalue weighted by molar-refractivity contribution is 5.85. The van der Waals surface area contributed by atoms with Gasteiger partial charge in [0.25, 0.3) is 0 Å². The first-order valence-corrected chi connectivity index (χ1v) is 10.8. The Morgan fingerprint density at radius 2 is 1.83 bits per heavy atom. The van der Waals surface area contributed by atoms with Gasteiger partial charge >= 0.3 is 12.1 Å². The van der Waals surface area contributed by atoms with Crippen LogP contribution in [-0.4, -0.2) is 45.3 Å². The molecule has 2 aromatic rings. The molecule has 0 bridgehead atoms. The summed E-state index contributed by atoms with van der Waals surface area (Å²) in [5.41, 5.74) is -1.71. The highest BCUT2D eigenvalue weighted by Crippen LogP contribution is 2.50. The first-order valence-electron chi connectivity index (χ1n) is 10.8. The molecule has 1 heterocycles. The van der Waals surface area contributed by atoms with Crippen molar-refractivity contribution in [1.29, 1.82) is 5.26 Å². The molecule has 1 aliphatic carbocycles. The van der Waals surface area contributed by atoms with Crippen LogP contribution in [0.4, 0.5) is 23.2 Å². The fourth-order valence-electron chi connectivity index (χ4n) is 5.01. The number of amides is 1. The molecule has 2 fully saturated rings. The molecule has 0 aromatic heterocycles. The van der Waals surface area contributed by atoms with E-state index in [4.69, 9.17) is 10.4 Å². The van der Waals surface area contributed by atoms with E-state index in [1.54, 1.807) is 6.07 Å². The molecular weight excluding hydrogens is 470 g/mol.